The third kappa shape index (κ3) is 8.37. The Balaban J connectivity index is 1.54. The SMILES string of the molecule is O=C[CH]CNCCc1ccc(NC(=O)CN(Cc2ccccn2)Cc2ccccn2)cc1. The van der Waals surface area contributed by atoms with Gasteiger partial charge in [-0.25, -0.2) is 0 Å². The topological polar surface area (TPSA) is 87.2 Å². The number of amides is 1. The van der Waals surface area contributed by atoms with E-state index in [0.29, 0.717) is 19.6 Å². The first-order valence-corrected chi connectivity index (χ1v) is 10.6. The first-order valence-electron chi connectivity index (χ1n) is 10.6. The van der Waals surface area contributed by atoms with Gasteiger partial charge in [-0.3, -0.25) is 19.7 Å². The molecule has 0 atom stereocenters. The monoisotopic (exact) mass is 430 g/mol. The van der Waals surface area contributed by atoms with Gasteiger partial charge in [0.05, 0.1) is 17.9 Å². The molecule has 1 aromatic carbocycles. The van der Waals surface area contributed by atoms with E-state index in [1.165, 1.54) is 0 Å². The number of aldehydes is 1. The molecule has 165 valence electrons. The van der Waals surface area contributed by atoms with Crippen molar-refractivity contribution in [1.29, 1.82) is 0 Å². The number of carbonyl (C=O) groups excluding carboxylic acids is 2. The van der Waals surface area contributed by atoms with Gasteiger partial charge >= 0.3 is 0 Å². The van der Waals surface area contributed by atoms with Gasteiger partial charge in [0, 0.05) is 44.1 Å². The molecule has 3 rings (SSSR count). The van der Waals surface area contributed by atoms with Gasteiger partial charge in [-0.2, -0.15) is 0 Å². The molecule has 0 unspecified atom stereocenters. The van der Waals surface area contributed by atoms with Crippen molar-refractivity contribution in [3.05, 3.63) is 96.4 Å². The lowest BCUT2D eigenvalue weighted by atomic mass is 10.1. The minimum atomic E-state index is -0.0873. The smallest absolute Gasteiger partial charge is 0.238 e. The summed E-state index contributed by atoms with van der Waals surface area (Å²) >= 11 is 0. The first-order chi connectivity index (χ1) is 15.7. The summed E-state index contributed by atoms with van der Waals surface area (Å²) in [6.07, 6.45) is 6.70. The molecular weight excluding hydrogens is 402 g/mol. The summed E-state index contributed by atoms with van der Waals surface area (Å²) in [6.45, 7) is 2.69. The summed E-state index contributed by atoms with van der Waals surface area (Å²) in [7, 11) is 0. The number of anilines is 1. The van der Waals surface area contributed by atoms with E-state index < -0.39 is 0 Å². The van der Waals surface area contributed by atoms with E-state index in [0.717, 1.165) is 41.9 Å². The Morgan fingerprint density at radius 3 is 2.12 bits per heavy atom. The van der Waals surface area contributed by atoms with Gasteiger partial charge in [0.25, 0.3) is 0 Å². The normalized spacial score (nSPS) is 10.8. The zero-order valence-corrected chi connectivity index (χ0v) is 18.0. The van der Waals surface area contributed by atoms with Gasteiger partial charge in [-0.05, 0) is 54.9 Å². The van der Waals surface area contributed by atoms with Crippen LogP contribution in [0.3, 0.4) is 0 Å². The van der Waals surface area contributed by atoms with Crippen molar-refractivity contribution in [1.82, 2.24) is 20.2 Å². The molecule has 0 saturated heterocycles. The molecule has 0 aliphatic carbocycles. The molecule has 1 radical (unpaired) electrons. The molecule has 2 heterocycles. The van der Waals surface area contributed by atoms with E-state index in [-0.39, 0.29) is 12.5 Å². The molecule has 0 bridgehead atoms. The van der Waals surface area contributed by atoms with Crippen molar-refractivity contribution in [2.75, 3.05) is 25.0 Å². The van der Waals surface area contributed by atoms with Gasteiger partial charge < -0.3 is 15.4 Å². The van der Waals surface area contributed by atoms with Crippen LogP contribution in [-0.4, -0.2) is 46.7 Å². The zero-order valence-electron chi connectivity index (χ0n) is 18.0. The molecule has 0 aliphatic heterocycles. The standard InChI is InChI=1S/C25H28N5O2/c31-17-5-13-26-16-12-21-8-10-22(11-9-21)29-25(32)20-30(18-23-6-1-3-14-27-23)19-24-7-2-4-15-28-24/h1-11,14-15,17,26H,12-13,16,18-20H2,(H,29,32). The average Bonchev–Trinajstić information content (AvgIpc) is 2.81. The lowest BCUT2D eigenvalue weighted by molar-refractivity contribution is -0.117. The minimum absolute atomic E-state index is 0.0873. The maximum atomic E-state index is 12.7. The third-order valence-electron chi connectivity index (χ3n) is 4.78. The summed E-state index contributed by atoms with van der Waals surface area (Å²) in [5.74, 6) is -0.0873. The number of pyridine rings is 2. The van der Waals surface area contributed by atoms with Gasteiger partial charge in [-0.1, -0.05) is 24.3 Å². The van der Waals surface area contributed by atoms with Crippen LogP contribution in [-0.2, 0) is 29.1 Å². The molecule has 2 N–H and O–H groups in total. The Morgan fingerprint density at radius 1 is 0.906 bits per heavy atom. The second-order valence-electron chi connectivity index (χ2n) is 7.36. The van der Waals surface area contributed by atoms with Crippen molar-refractivity contribution < 1.29 is 9.59 Å². The van der Waals surface area contributed by atoms with E-state index >= 15 is 0 Å². The number of carbonyl (C=O) groups is 2. The maximum absolute atomic E-state index is 12.7. The van der Waals surface area contributed by atoms with Crippen molar-refractivity contribution in [3.8, 4) is 0 Å². The molecule has 1 amide bonds. The van der Waals surface area contributed by atoms with Crippen LogP contribution in [0.5, 0.6) is 0 Å². The first kappa shape index (κ1) is 23.2. The largest absolute Gasteiger partial charge is 0.325 e. The summed E-state index contributed by atoms with van der Waals surface area (Å²) in [5.41, 5.74) is 3.73. The fraction of sp³-hybridized carbons (Fsp3) is 0.240. The van der Waals surface area contributed by atoms with Gasteiger partial charge in [0.1, 0.15) is 6.29 Å². The molecule has 0 aliphatic rings. The van der Waals surface area contributed by atoms with E-state index in [2.05, 4.69) is 20.6 Å². The van der Waals surface area contributed by atoms with E-state index in [1.54, 1.807) is 18.8 Å². The fourth-order valence-corrected chi connectivity index (χ4v) is 3.23. The highest BCUT2D eigenvalue weighted by atomic mass is 16.2. The number of nitrogens with one attached hydrogen (secondary N) is 2. The third-order valence-corrected chi connectivity index (χ3v) is 4.78. The number of hydrogen-bond acceptors (Lipinski definition) is 6. The molecule has 32 heavy (non-hydrogen) atoms. The Kier molecular flexibility index (Phi) is 9.51. The molecule has 7 heteroatoms. The predicted octanol–water partition coefficient (Wildman–Crippen LogP) is 2.65. The van der Waals surface area contributed by atoms with Crippen molar-refractivity contribution in [2.24, 2.45) is 0 Å². The molecular formula is C25H28N5O2. The van der Waals surface area contributed by atoms with Crippen LogP contribution in [0, 0.1) is 6.42 Å². The van der Waals surface area contributed by atoms with Crippen LogP contribution < -0.4 is 10.6 Å². The summed E-state index contributed by atoms with van der Waals surface area (Å²) in [5, 5.41) is 6.15. The zero-order chi connectivity index (χ0) is 22.4. The summed E-state index contributed by atoms with van der Waals surface area (Å²) in [6, 6.07) is 19.4. The van der Waals surface area contributed by atoms with E-state index in [9.17, 15) is 9.59 Å². The Morgan fingerprint density at radius 2 is 1.56 bits per heavy atom. The lowest BCUT2D eigenvalue weighted by Gasteiger charge is -2.21. The van der Waals surface area contributed by atoms with Crippen molar-refractivity contribution >= 4 is 17.9 Å². The highest BCUT2D eigenvalue weighted by molar-refractivity contribution is 5.92. The summed E-state index contributed by atoms with van der Waals surface area (Å²) < 4.78 is 0. The number of aromatic nitrogens is 2. The van der Waals surface area contributed by atoms with Crippen LogP contribution in [0.1, 0.15) is 17.0 Å². The molecule has 3 aromatic rings. The molecule has 0 spiro atoms. The number of hydrogen-bond donors (Lipinski definition) is 2. The lowest BCUT2D eigenvalue weighted by Crippen LogP contribution is -2.33. The van der Waals surface area contributed by atoms with E-state index in [4.69, 9.17) is 0 Å². The Hall–Kier alpha value is -3.42. The van der Waals surface area contributed by atoms with Crippen molar-refractivity contribution in [2.45, 2.75) is 19.5 Å². The van der Waals surface area contributed by atoms with Gasteiger partial charge in [0.2, 0.25) is 5.91 Å². The van der Waals surface area contributed by atoms with E-state index in [1.807, 2.05) is 65.6 Å². The second-order valence-corrected chi connectivity index (χ2v) is 7.36. The summed E-state index contributed by atoms with van der Waals surface area (Å²) in [4.78, 5) is 33.8. The average molecular weight is 431 g/mol. The predicted molar refractivity (Wildman–Crippen MR) is 125 cm³/mol. The van der Waals surface area contributed by atoms with Crippen LogP contribution in [0.15, 0.2) is 73.1 Å². The minimum Gasteiger partial charge on any atom is -0.325 e. The van der Waals surface area contributed by atoms with Crippen molar-refractivity contribution in [3.63, 3.8) is 0 Å². The highest BCUT2D eigenvalue weighted by Crippen LogP contribution is 2.11. The van der Waals surface area contributed by atoms with Gasteiger partial charge in [-0.15, -0.1) is 0 Å². The maximum Gasteiger partial charge on any atom is 0.238 e. The second kappa shape index (κ2) is 13.1. The van der Waals surface area contributed by atoms with Gasteiger partial charge in [0.15, 0.2) is 0 Å². The Bertz CT molecular complexity index is 908. The van der Waals surface area contributed by atoms with Crippen LogP contribution in [0.2, 0.25) is 0 Å². The number of benzene rings is 1. The number of nitrogens with zero attached hydrogens (tertiary/aromatic N) is 3. The Labute approximate surface area is 188 Å². The fourth-order valence-electron chi connectivity index (χ4n) is 3.23. The number of rotatable bonds is 13. The van der Waals surface area contributed by atoms with Crippen LogP contribution in [0.25, 0.3) is 0 Å². The highest BCUT2D eigenvalue weighted by Gasteiger charge is 2.14. The molecule has 7 nitrogen and oxygen atoms in total. The molecule has 0 fully saturated rings. The van der Waals surface area contributed by atoms with Crippen LogP contribution >= 0.6 is 0 Å². The quantitative estimate of drug-likeness (QED) is 0.320. The molecule has 0 saturated carbocycles. The van der Waals surface area contributed by atoms with Crippen LogP contribution in [0.4, 0.5) is 5.69 Å². The molecule has 2 aromatic heterocycles.